The number of nitrogens with zero attached hydrogens (tertiary/aromatic N) is 2. The van der Waals surface area contributed by atoms with Crippen LogP contribution >= 0.6 is 0 Å². The van der Waals surface area contributed by atoms with Crippen molar-refractivity contribution in [3.8, 4) is 11.5 Å². The van der Waals surface area contributed by atoms with Crippen molar-refractivity contribution in [3.63, 3.8) is 0 Å². The minimum absolute atomic E-state index is 0.499. The largest absolute Gasteiger partial charge is 0.453 e. The van der Waals surface area contributed by atoms with Crippen molar-refractivity contribution in [2.75, 3.05) is 18.0 Å². The molecule has 0 bridgehead atoms. The number of aryl methyl sites for hydroxylation is 1. The summed E-state index contributed by atoms with van der Waals surface area (Å²) in [5.74, 6) is 1.94. The highest BCUT2D eigenvalue weighted by molar-refractivity contribution is 5.78. The van der Waals surface area contributed by atoms with Crippen molar-refractivity contribution in [1.82, 2.24) is 4.90 Å². The molecule has 3 heteroatoms. The van der Waals surface area contributed by atoms with Crippen LogP contribution < -0.4 is 9.64 Å². The average molecular weight is 370 g/mol. The van der Waals surface area contributed by atoms with E-state index in [0.717, 1.165) is 44.0 Å². The first-order chi connectivity index (χ1) is 13.8. The third kappa shape index (κ3) is 3.27. The lowest BCUT2D eigenvalue weighted by Crippen LogP contribution is -2.43. The number of anilines is 2. The Hall–Kier alpha value is -2.78. The van der Waals surface area contributed by atoms with Gasteiger partial charge in [0.05, 0.1) is 11.4 Å². The number of ether oxygens (including phenoxy) is 1. The van der Waals surface area contributed by atoms with Crippen LogP contribution in [0.2, 0.25) is 0 Å². The first-order valence-corrected chi connectivity index (χ1v) is 10.2. The lowest BCUT2D eigenvalue weighted by molar-refractivity contribution is 0.204. The number of fused-ring (bicyclic) bond motifs is 2. The summed E-state index contributed by atoms with van der Waals surface area (Å²) >= 11 is 0. The van der Waals surface area contributed by atoms with Gasteiger partial charge in [0.2, 0.25) is 0 Å². The number of para-hydroxylation sites is 2. The van der Waals surface area contributed by atoms with Crippen LogP contribution in [0.25, 0.3) is 0 Å². The zero-order valence-electron chi connectivity index (χ0n) is 16.3. The van der Waals surface area contributed by atoms with Crippen LogP contribution in [0.1, 0.15) is 24.0 Å². The molecule has 3 nitrogen and oxygen atoms in total. The highest BCUT2D eigenvalue weighted by atomic mass is 16.5. The highest BCUT2D eigenvalue weighted by Gasteiger charge is 2.32. The van der Waals surface area contributed by atoms with Gasteiger partial charge in [-0.1, -0.05) is 48.5 Å². The molecule has 0 atom stereocenters. The quantitative estimate of drug-likeness (QED) is 0.570. The Labute approximate surface area is 167 Å². The third-order valence-electron chi connectivity index (χ3n) is 5.89. The standard InChI is InChI=1S/C25H26N2O/c1-19-11-12-23-25(17-19)28-24-10-6-5-9-22(24)27(23)21-13-15-26(16-14-21)18-20-7-3-2-4-8-20/h2-12,17,21H,13-16,18H2,1H3. The van der Waals surface area contributed by atoms with E-state index < -0.39 is 0 Å². The summed E-state index contributed by atoms with van der Waals surface area (Å²) in [7, 11) is 0. The molecular weight excluding hydrogens is 344 g/mol. The maximum absolute atomic E-state index is 6.23. The van der Waals surface area contributed by atoms with Crippen LogP contribution in [0.15, 0.2) is 72.8 Å². The Kier molecular flexibility index (Phi) is 4.53. The van der Waals surface area contributed by atoms with E-state index in [-0.39, 0.29) is 0 Å². The SMILES string of the molecule is Cc1ccc2c(c1)Oc1ccccc1N2C1CCN(Cc2ccccc2)CC1. The predicted molar refractivity (Wildman–Crippen MR) is 115 cm³/mol. The molecule has 0 saturated carbocycles. The molecule has 3 aromatic rings. The molecule has 0 amide bonds. The van der Waals surface area contributed by atoms with Crippen LogP contribution in [0.4, 0.5) is 11.4 Å². The second kappa shape index (κ2) is 7.33. The van der Waals surface area contributed by atoms with Crippen LogP contribution in [-0.4, -0.2) is 24.0 Å². The van der Waals surface area contributed by atoms with E-state index in [1.807, 2.05) is 0 Å². The monoisotopic (exact) mass is 370 g/mol. The lowest BCUT2D eigenvalue weighted by atomic mass is 9.99. The van der Waals surface area contributed by atoms with Gasteiger partial charge >= 0.3 is 0 Å². The highest BCUT2D eigenvalue weighted by Crippen LogP contribution is 2.48. The summed E-state index contributed by atoms with van der Waals surface area (Å²) in [6.45, 7) is 5.42. The van der Waals surface area contributed by atoms with Gasteiger partial charge in [0, 0.05) is 25.7 Å². The van der Waals surface area contributed by atoms with Gasteiger partial charge in [-0.3, -0.25) is 4.90 Å². The van der Waals surface area contributed by atoms with Gasteiger partial charge in [0.15, 0.2) is 11.5 Å². The molecule has 0 N–H and O–H groups in total. The van der Waals surface area contributed by atoms with Gasteiger partial charge in [-0.25, -0.2) is 0 Å². The molecule has 5 rings (SSSR count). The Balaban J connectivity index is 1.38. The smallest absolute Gasteiger partial charge is 0.151 e. The zero-order chi connectivity index (χ0) is 18.9. The molecule has 2 aliphatic heterocycles. The summed E-state index contributed by atoms with van der Waals surface area (Å²) in [5, 5.41) is 0. The van der Waals surface area contributed by atoms with E-state index in [1.54, 1.807) is 0 Å². The van der Waals surface area contributed by atoms with E-state index >= 15 is 0 Å². The maximum atomic E-state index is 6.23. The number of hydrogen-bond donors (Lipinski definition) is 0. The van der Waals surface area contributed by atoms with Crippen LogP contribution in [0, 0.1) is 6.92 Å². The fourth-order valence-corrected chi connectivity index (χ4v) is 4.46. The van der Waals surface area contributed by atoms with Crippen LogP contribution in [0.5, 0.6) is 11.5 Å². The Morgan fingerprint density at radius 2 is 1.54 bits per heavy atom. The predicted octanol–water partition coefficient (Wildman–Crippen LogP) is 5.90. The van der Waals surface area contributed by atoms with Crippen LogP contribution in [-0.2, 0) is 6.54 Å². The first kappa shape index (κ1) is 17.3. The number of hydrogen-bond acceptors (Lipinski definition) is 3. The molecule has 2 heterocycles. The molecule has 3 aromatic carbocycles. The van der Waals surface area contributed by atoms with Gasteiger partial charge < -0.3 is 9.64 Å². The van der Waals surface area contributed by atoms with E-state index in [4.69, 9.17) is 4.74 Å². The fourth-order valence-electron chi connectivity index (χ4n) is 4.46. The van der Waals surface area contributed by atoms with E-state index in [1.165, 1.54) is 22.5 Å². The second-order valence-corrected chi connectivity index (χ2v) is 7.90. The molecule has 1 fully saturated rings. The summed E-state index contributed by atoms with van der Waals surface area (Å²) in [6, 6.07) is 26.3. The minimum Gasteiger partial charge on any atom is -0.453 e. The first-order valence-electron chi connectivity index (χ1n) is 10.2. The summed E-state index contributed by atoms with van der Waals surface area (Å²) in [5.41, 5.74) is 5.03. The molecule has 28 heavy (non-hydrogen) atoms. The van der Waals surface area contributed by atoms with Crippen molar-refractivity contribution >= 4 is 11.4 Å². The molecule has 0 radical (unpaired) electrons. The second-order valence-electron chi connectivity index (χ2n) is 7.90. The van der Waals surface area contributed by atoms with Crippen molar-refractivity contribution < 1.29 is 4.74 Å². The summed E-state index contributed by atoms with van der Waals surface area (Å²) < 4.78 is 6.23. The topological polar surface area (TPSA) is 15.7 Å². The van der Waals surface area contributed by atoms with Crippen molar-refractivity contribution in [2.24, 2.45) is 0 Å². The maximum Gasteiger partial charge on any atom is 0.151 e. The van der Waals surface area contributed by atoms with E-state index in [2.05, 4.69) is 89.5 Å². The van der Waals surface area contributed by atoms with Gasteiger partial charge in [0.1, 0.15) is 0 Å². The molecule has 2 aliphatic rings. The lowest BCUT2D eigenvalue weighted by Gasteiger charge is -2.42. The van der Waals surface area contributed by atoms with Crippen molar-refractivity contribution in [3.05, 3.63) is 83.9 Å². The molecular formula is C25H26N2O. The number of piperidine rings is 1. The molecule has 0 spiro atoms. The molecule has 142 valence electrons. The van der Waals surface area contributed by atoms with Crippen molar-refractivity contribution in [1.29, 1.82) is 0 Å². The van der Waals surface area contributed by atoms with Gasteiger partial charge in [-0.05, 0) is 55.2 Å². The molecule has 1 saturated heterocycles. The molecule has 0 aliphatic carbocycles. The van der Waals surface area contributed by atoms with Gasteiger partial charge in [-0.2, -0.15) is 0 Å². The van der Waals surface area contributed by atoms with Gasteiger partial charge in [0.25, 0.3) is 0 Å². The fraction of sp³-hybridized carbons (Fsp3) is 0.280. The average Bonchev–Trinajstić information content (AvgIpc) is 2.73. The number of likely N-dealkylation sites (tertiary alicyclic amines) is 1. The Bertz CT molecular complexity index is 961. The molecule has 0 aromatic heterocycles. The normalized spacial score (nSPS) is 17.0. The van der Waals surface area contributed by atoms with Gasteiger partial charge in [-0.15, -0.1) is 0 Å². The minimum atomic E-state index is 0.499. The molecule has 0 unspecified atom stereocenters. The Morgan fingerprint density at radius 1 is 0.821 bits per heavy atom. The van der Waals surface area contributed by atoms with E-state index in [0.29, 0.717) is 6.04 Å². The third-order valence-corrected chi connectivity index (χ3v) is 5.89. The van der Waals surface area contributed by atoms with Crippen LogP contribution in [0.3, 0.4) is 0 Å². The van der Waals surface area contributed by atoms with E-state index in [9.17, 15) is 0 Å². The number of benzene rings is 3. The number of rotatable bonds is 3. The van der Waals surface area contributed by atoms with Crippen molar-refractivity contribution in [2.45, 2.75) is 32.4 Å². The Morgan fingerprint density at radius 3 is 2.36 bits per heavy atom. The zero-order valence-corrected chi connectivity index (χ0v) is 16.3. The summed E-state index contributed by atoms with van der Waals surface area (Å²) in [6.07, 6.45) is 2.32. The summed E-state index contributed by atoms with van der Waals surface area (Å²) in [4.78, 5) is 5.10.